The molecule has 0 saturated heterocycles. The molecule has 0 amide bonds. The van der Waals surface area contributed by atoms with E-state index in [1.807, 2.05) is 0 Å². The van der Waals surface area contributed by atoms with Gasteiger partial charge in [0.25, 0.3) is 0 Å². The summed E-state index contributed by atoms with van der Waals surface area (Å²) in [5.74, 6) is 0.327. The number of hydrogen-bond donors (Lipinski definition) is 0. The van der Waals surface area contributed by atoms with Crippen LogP contribution in [-0.2, 0) is 62.6 Å². The fourth-order valence-electron chi connectivity index (χ4n) is 21.4. The van der Waals surface area contributed by atoms with E-state index in [1.54, 1.807) is 0 Å². The molecule has 9 aromatic carbocycles. The third kappa shape index (κ3) is 7.88. The number of benzene rings is 9. The Bertz CT molecular complexity index is 5430. The number of carbonyl (C=O) groups excluding carboxylic acids is 1. The van der Waals surface area contributed by atoms with Crippen LogP contribution in [0.5, 0.6) is 0 Å². The number of pyridine rings is 1. The van der Waals surface area contributed by atoms with Crippen LogP contribution in [0, 0.1) is 5.41 Å². The number of nitrogens with zero attached hydrogens (tertiary/aromatic N) is 3. The van der Waals surface area contributed by atoms with Gasteiger partial charge in [-0.2, -0.15) is 0 Å². The first-order valence-corrected chi connectivity index (χ1v) is 36.5. The lowest BCUT2D eigenvalue weighted by Gasteiger charge is -2.60. The first-order valence-electron chi connectivity index (χ1n) is 36.5. The van der Waals surface area contributed by atoms with E-state index in [0.29, 0.717) is 5.78 Å². The fourth-order valence-corrected chi connectivity index (χ4v) is 21.4. The number of aromatic nitrogens is 3. The molecule has 0 aliphatic heterocycles. The quantitative estimate of drug-likeness (QED) is 0.122. The molecule has 0 atom stereocenters. The zero-order chi connectivity index (χ0) is 67.7. The van der Waals surface area contributed by atoms with Gasteiger partial charge in [-0.05, 0) is 177 Å². The highest BCUT2D eigenvalue weighted by Crippen LogP contribution is 2.74. The van der Waals surface area contributed by atoms with Gasteiger partial charge in [0.1, 0.15) is 0 Å². The topological polar surface area (TPSA) is 38.8 Å². The second-order valence-electron chi connectivity index (χ2n) is 34.1. The molecule has 97 heavy (non-hydrogen) atoms. The Morgan fingerprint density at radius 1 is 0.423 bits per heavy atom. The molecule has 1 fully saturated rings. The lowest BCUT2D eigenvalue weighted by atomic mass is 9.42. The standard InChI is InChI=1S/C93H95N3O/c1-17-56-44-57(18-2)78(58(19-3)45-56)59-46-68-65-50-73-71(84(97)91(16)42-40-90(73,15)41-43-91)53-76(65)95-74-52-67-70-48-64(85(4,5)6)49-72-79-77(96(82(70)72)75(67)51-66(74)69(47-59)81(68)95)54-94-83-80(79)92(86(7,8)60-32-24-20-25-33-60,87(9,10)61-34-26-21-27-35-61)55-93(83,88(11,12)62-36-28-22-29-37-62)89(13,14)63-38-30-23-31-39-63/h20-39,44-54H,17-19,40-43,55H2,1-16H3. The number of Topliss-reactive ketones (excluding diaryl/α,β-unsaturated/α-hetero) is 1. The first-order chi connectivity index (χ1) is 46.2. The molecule has 4 nitrogen and oxygen atoms in total. The number of hydrogen-bond acceptors (Lipinski definition) is 2. The lowest BCUT2D eigenvalue weighted by Crippen LogP contribution is -2.61. The average Bonchev–Trinajstić information content (AvgIpc) is 1.48. The van der Waals surface area contributed by atoms with Crippen molar-refractivity contribution in [2.24, 2.45) is 5.41 Å². The first kappa shape index (κ1) is 62.0. The molecule has 14 aromatic rings. The average molecular weight is 1270 g/mol. The van der Waals surface area contributed by atoms with Crippen molar-refractivity contribution in [2.45, 2.75) is 205 Å². The van der Waals surface area contributed by atoms with Crippen molar-refractivity contribution in [1.29, 1.82) is 0 Å². The molecule has 2 bridgehead atoms. The van der Waals surface area contributed by atoms with Crippen LogP contribution in [0.2, 0.25) is 0 Å². The summed E-state index contributed by atoms with van der Waals surface area (Å²) in [6.45, 7) is 39.4. The van der Waals surface area contributed by atoms with Crippen molar-refractivity contribution in [1.82, 2.24) is 13.8 Å². The minimum Gasteiger partial charge on any atom is -0.308 e. The number of rotatable bonds is 12. The van der Waals surface area contributed by atoms with E-state index in [1.165, 1.54) is 138 Å². The Morgan fingerprint density at radius 3 is 1.30 bits per heavy atom. The molecule has 4 aliphatic carbocycles. The molecule has 488 valence electrons. The van der Waals surface area contributed by atoms with E-state index >= 15 is 4.79 Å². The van der Waals surface area contributed by atoms with E-state index in [-0.39, 0.29) is 16.2 Å². The van der Waals surface area contributed by atoms with Crippen LogP contribution >= 0.6 is 0 Å². The van der Waals surface area contributed by atoms with Crippen molar-refractivity contribution >= 4 is 82.0 Å². The van der Waals surface area contributed by atoms with E-state index in [0.717, 1.165) is 68.0 Å². The van der Waals surface area contributed by atoms with Gasteiger partial charge in [0.05, 0.1) is 45.0 Å². The second-order valence-corrected chi connectivity index (χ2v) is 34.1. The predicted octanol–water partition coefficient (Wildman–Crippen LogP) is 23.9. The summed E-state index contributed by atoms with van der Waals surface area (Å²) in [4.78, 5) is 21.7. The summed E-state index contributed by atoms with van der Waals surface area (Å²) < 4.78 is 5.26. The van der Waals surface area contributed by atoms with Gasteiger partial charge in [0.2, 0.25) is 0 Å². The van der Waals surface area contributed by atoms with Crippen molar-refractivity contribution in [3.63, 3.8) is 0 Å². The Labute approximate surface area is 574 Å². The van der Waals surface area contributed by atoms with Gasteiger partial charge in [0, 0.05) is 86.6 Å². The van der Waals surface area contributed by atoms with Gasteiger partial charge in [-0.3, -0.25) is 9.78 Å². The summed E-state index contributed by atoms with van der Waals surface area (Å²) in [5, 5.41) is 10.1. The van der Waals surface area contributed by atoms with E-state index in [2.05, 4.69) is 308 Å². The predicted molar refractivity (Wildman–Crippen MR) is 410 cm³/mol. The van der Waals surface area contributed by atoms with Crippen LogP contribution in [0.25, 0.3) is 87.3 Å². The molecule has 0 unspecified atom stereocenters. The summed E-state index contributed by atoms with van der Waals surface area (Å²) in [6.07, 6.45) is 9.99. The van der Waals surface area contributed by atoms with Gasteiger partial charge in [-0.1, -0.05) is 244 Å². The second kappa shape index (κ2) is 20.5. The van der Waals surface area contributed by atoms with Gasteiger partial charge < -0.3 is 8.80 Å². The summed E-state index contributed by atoms with van der Waals surface area (Å²) in [5.41, 5.74) is 21.5. The van der Waals surface area contributed by atoms with Crippen molar-refractivity contribution < 1.29 is 4.79 Å². The van der Waals surface area contributed by atoms with Crippen molar-refractivity contribution in [3.05, 3.63) is 255 Å². The van der Waals surface area contributed by atoms with Crippen LogP contribution in [0.1, 0.15) is 215 Å². The maximum atomic E-state index is 15.3. The Balaban J connectivity index is 1.07. The normalized spacial score (nSPS) is 19.1. The minimum absolute atomic E-state index is 0.0612. The number of ketones is 1. The van der Waals surface area contributed by atoms with Crippen molar-refractivity contribution in [2.75, 3.05) is 0 Å². The Morgan fingerprint density at radius 2 is 0.835 bits per heavy atom. The van der Waals surface area contributed by atoms with Gasteiger partial charge in [-0.25, -0.2) is 0 Å². The van der Waals surface area contributed by atoms with E-state index < -0.39 is 32.5 Å². The van der Waals surface area contributed by atoms with Crippen LogP contribution in [0.15, 0.2) is 188 Å². The monoisotopic (exact) mass is 1270 g/mol. The van der Waals surface area contributed by atoms with Gasteiger partial charge >= 0.3 is 0 Å². The molecule has 18 rings (SSSR count). The zero-order valence-electron chi connectivity index (χ0n) is 60.3. The highest BCUT2D eigenvalue weighted by molar-refractivity contribution is 6.30. The maximum Gasteiger partial charge on any atom is 0.169 e. The molecule has 1 saturated carbocycles. The lowest BCUT2D eigenvalue weighted by molar-refractivity contribution is 0.0560. The van der Waals surface area contributed by atoms with E-state index in [9.17, 15) is 0 Å². The number of carbonyl (C=O) groups is 1. The maximum absolute atomic E-state index is 15.3. The molecule has 4 aliphatic rings. The third-order valence-corrected chi connectivity index (χ3v) is 27.3. The van der Waals surface area contributed by atoms with Crippen molar-refractivity contribution in [3.8, 4) is 11.1 Å². The molecular weight excluding hydrogens is 1180 g/mol. The van der Waals surface area contributed by atoms with Crippen LogP contribution in [0.4, 0.5) is 0 Å². The van der Waals surface area contributed by atoms with E-state index in [4.69, 9.17) is 4.98 Å². The zero-order valence-corrected chi connectivity index (χ0v) is 60.3. The summed E-state index contributed by atoms with van der Waals surface area (Å²) in [7, 11) is 0. The molecule has 5 aromatic heterocycles. The van der Waals surface area contributed by atoms with Crippen LogP contribution < -0.4 is 0 Å². The van der Waals surface area contributed by atoms with Gasteiger partial charge in [-0.15, -0.1) is 0 Å². The number of fused-ring (bicyclic) bond motifs is 16. The molecule has 5 heterocycles. The molecule has 0 radical (unpaired) electrons. The largest absolute Gasteiger partial charge is 0.308 e. The molecule has 0 N–H and O–H groups in total. The summed E-state index contributed by atoms with van der Waals surface area (Å²) >= 11 is 0. The Kier molecular flexibility index (Phi) is 13.1. The highest BCUT2D eigenvalue weighted by atomic mass is 16.1. The smallest absolute Gasteiger partial charge is 0.169 e. The Hall–Kier alpha value is -8.60. The van der Waals surface area contributed by atoms with Gasteiger partial charge in [0.15, 0.2) is 5.78 Å². The molecule has 4 heteroatoms. The fraction of sp³-hybridized carbons (Fsp3) is 0.355. The van der Waals surface area contributed by atoms with Crippen LogP contribution in [0.3, 0.4) is 0 Å². The highest BCUT2D eigenvalue weighted by Gasteiger charge is 2.73. The molecular formula is C93H95N3O. The van der Waals surface area contributed by atoms with Crippen LogP contribution in [-0.4, -0.2) is 19.6 Å². The minimum atomic E-state index is -0.631. The molecule has 0 spiro atoms. The summed E-state index contributed by atoms with van der Waals surface area (Å²) in [6, 6.07) is 71.2. The SMILES string of the molecule is CCc1cc(CC)c(-c2cc3c4cc5c(cc4n4c6cc7c8cc(C(C)(C)C)cc9c%10c%11c(ncc%10n(c7cc6c(c2)c34)c89)C(C(C)(C)c2ccccc2)(C(C)(C)c2ccccc2)CC%11(C(C)(C)c2ccccc2)C(C)(C)c2ccccc2)C(=O)C2(C)CCC5(C)CC2)c(CC)c1. The third-order valence-electron chi connectivity index (χ3n) is 27.3. The number of aryl methyl sites for hydroxylation is 3.